The number of nitrogens with zero attached hydrogens (tertiary/aromatic N) is 2. The van der Waals surface area contributed by atoms with Gasteiger partial charge in [0.05, 0.1) is 5.02 Å². The van der Waals surface area contributed by atoms with E-state index in [0.717, 1.165) is 31.4 Å². The van der Waals surface area contributed by atoms with Gasteiger partial charge >= 0.3 is 0 Å². The molecule has 0 spiro atoms. The van der Waals surface area contributed by atoms with Crippen molar-refractivity contribution in [1.82, 2.24) is 9.21 Å². The molecule has 0 radical (unpaired) electrons. The van der Waals surface area contributed by atoms with E-state index in [4.69, 9.17) is 23.2 Å². The summed E-state index contributed by atoms with van der Waals surface area (Å²) in [5, 5.41) is 1.47. The van der Waals surface area contributed by atoms with Crippen LogP contribution in [0.4, 0.5) is 0 Å². The molecule has 118 valence electrons. The second-order valence-corrected chi connectivity index (χ2v) is 8.41. The lowest BCUT2D eigenvalue weighted by molar-refractivity contribution is 0.305. The maximum atomic E-state index is 12.7. The minimum Gasteiger partial charge on any atom is -0.301 e. The van der Waals surface area contributed by atoms with E-state index < -0.39 is 10.0 Å². The zero-order valence-electron chi connectivity index (χ0n) is 11.4. The Bertz CT molecular complexity index is 598. The lowest BCUT2D eigenvalue weighted by Crippen LogP contribution is -2.35. The molecule has 8 heteroatoms. The second-order valence-electron chi connectivity index (χ2n) is 4.86. The molecule has 0 saturated carbocycles. The van der Waals surface area contributed by atoms with Crippen molar-refractivity contribution in [3.8, 4) is 0 Å². The Hall–Kier alpha value is 0.150. The van der Waals surface area contributed by atoms with Crippen LogP contribution >= 0.6 is 39.1 Å². The van der Waals surface area contributed by atoms with Crippen molar-refractivity contribution >= 4 is 49.2 Å². The fourth-order valence-corrected chi connectivity index (χ4v) is 5.05. The summed E-state index contributed by atoms with van der Waals surface area (Å²) in [4.78, 5) is 2.34. The highest BCUT2D eigenvalue weighted by Gasteiger charge is 2.28. The minimum atomic E-state index is -3.60. The SMILES string of the molecule is O=S(=O)(c1cc(Cl)ccc1Cl)N1CCCN(CCBr)CC1. The van der Waals surface area contributed by atoms with Gasteiger partial charge < -0.3 is 4.90 Å². The molecular weight excluding hydrogens is 399 g/mol. The van der Waals surface area contributed by atoms with Gasteiger partial charge in [-0.3, -0.25) is 0 Å². The van der Waals surface area contributed by atoms with Gasteiger partial charge in [0.25, 0.3) is 0 Å². The van der Waals surface area contributed by atoms with E-state index in [2.05, 4.69) is 20.8 Å². The van der Waals surface area contributed by atoms with Crippen molar-refractivity contribution < 1.29 is 8.42 Å². The number of alkyl halides is 1. The van der Waals surface area contributed by atoms with Crippen molar-refractivity contribution in [2.24, 2.45) is 0 Å². The number of halogens is 3. The van der Waals surface area contributed by atoms with Gasteiger partial charge in [-0.1, -0.05) is 39.1 Å². The van der Waals surface area contributed by atoms with E-state index in [1.54, 1.807) is 6.07 Å². The van der Waals surface area contributed by atoms with Crippen molar-refractivity contribution in [2.45, 2.75) is 11.3 Å². The van der Waals surface area contributed by atoms with Crippen LogP contribution in [0, 0.1) is 0 Å². The summed E-state index contributed by atoms with van der Waals surface area (Å²) in [6, 6.07) is 4.52. The van der Waals surface area contributed by atoms with Crippen molar-refractivity contribution in [2.75, 3.05) is 38.1 Å². The molecule has 1 fully saturated rings. The van der Waals surface area contributed by atoms with E-state index >= 15 is 0 Å². The van der Waals surface area contributed by atoms with Crippen LogP contribution in [-0.2, 0) is 10.0 Å². The first kappa shape index (κ1) is 17.5. The molecule has 1 saturated heterocycles. The monoisotopic (exact) mass is 414 g/mol. The summed E-state index contributed by atoms with van der Waals surface area (Å²) in [6.07, 6.45) is 0.810. The maximum Gasteiger partial charge on any atom is 0.244 e. The minimum absolute atomic E-state index is 0.0885. The molecule has 0 aliphatic carbocycles. The number of sulfonamides is 1. The molecule has 1 heterocycles. The summed E-state index contributed by atoms with van der Waals surface area (Å²) >= 11 is 15.4. The molecule has 0 aromatic heterocycles. The van der Waals surface area contributed by atoms with Crippen LogP contribution in [0.1, 0.15) is 6.42 Å². The molecule has 0 unspecified atom stereocenters. The lowest BCUT2D eigenvalue weighted by Gasteiger charge is -2.21. The predicted molar refractivity (Wildman–Crippen MR) is 90.1 cm³/mol. The number of benzene rings is 1. The Morgan fingerprint density at radius 2 is 1.90 bits per heavy atom. The number of hydrogen-bond acceptors (Lipinski definition) is 3. The summed E-state index contributed by atoms with van der Waals surface area (Å²) < 4.78 is 27.0. The van der Waals surface area contributed by atoms with E-state index in [1.807, 2.05) is 0 Å². The zero-order chi connectivity index (χ0) is 15.5. The van der Waals surface area contributed by atoms with Gasteiger partial charge in [-0.15, -0.1) is 0 Å². The van der Waals surface area contributed by atoms with Gasteiger partial charge in [-0.25, -0.2) is 8.42 Å². The van der Waals surface area contributed by atoms with Gasteiger partial charge in [0, 0.05) is 36.5 Å². The molecule has 0 N–H and O–H groups in total. The first-order valence-corrected chi connectivity index (χ1v) is 10.0. The summed E-state index contributed by atoms with van der Waals surface area (Å²) in [5.41, 5.74) is 0. The van der Waals surface area contributed by atoms with Crippen LogP contribution in [0.25, 0.3) is 0 Å². The molecule has 4 nitrogen and oxygen atoms in total. The van der Waals surface area contributed by atoms with Crippen molar-refractivity contribution in [3.63, 3.8) is 0 Å². The van der Waals surface area contributed by atoms with Gasteiger partial charge in [-0.2, -0.15) is 4.31 Å². The van der Waals surface area contributed by atoms with Gasteiger partial charge in [0.15, 0.2) is 0 Å². The summed E-state index contributed by atoms with van der Waals surface area (Å²) in [6.45, 7) is 3.53. The maximum absolute atomic E-state index is 12.7. The Balaban J connectivity index is 2.21. The van der Waals surface area contributed by atoms with Crippen molar-refractivity contribution in [3.05, 3.63) is 28.2 Å². The van der Waals surface area contributed by atoms with E-state index in [-0.39, 0.29) is 9.92 Å². The topological polar surface area (TPSA) is 40.6 Å². The predicted octanol–water partition coefficient (Wildman–Crippen LogP) is 3.08. The highest BCUT2D eigenvalue weighted by Crippen LogP contribution is 2.28. The molecule has 0 bridgehead atoms. The first-order valence-electron chi connectivity index (χ1n) is 6.68. The van der Waals surface area contributed by atoms with Gasteiger partial charge in [0.1, 0.15) is 4.90 Å². The Morgan fingerprint density at radius 3 is 2.62 bits per heavy atom. The number of hydrogen-bond donors (Lipinski definition) is 0. The molecule has 1 aliphatic heterocycles. The van der Waals surface area contributed by atoms with E-state index in [0.29, 0.717) is 18.1 Å². The molecule has 21 heavy (non-hydrogen) atoms. The summed E-state index contributed by atoms with van der Waals surface area (Å²) in [5.74, 6) is 0. The first-order chi connectivity index (χ1) is 9.95. The van der Waals surface area contributed by atoms with Gasteiger partial charge in [0.2, 0.25) is 10.0 Å². The van der Waals surface area contributed by atoms with E-state index in [9.17, 15) is 8.42 Å². The van der Waals surface area contributed by atoms with Crippen LogP contribution in [0.15, 0.2) is 23.1 Å². The fraction of sp³-hybridized carbons (Fsp3) is 0.538. The summed E-state index contributed by atoms with van der Waals surface area (Å²) in [7, 11) is -3.60. The molecular formula is C13H17BrCl2N2O2S. The van der Waals surface area contributed by atoms with Crippen LogP contribution < -0.4 is 0 Å². The quantitative estimate of drug-likeness (QED) is 0.709. The molecule has 0 amide bonds. The molecule has 0 atom stereocenters. The highest BCUT2D eigenvalue weighted by atomic mass is 79.9. The third-order valence-electron chi connectivity index (χ3n) is 3.46. The van der Waals surface area contributed by atoms with Crippen molar-refractivity contribution in [1.29, 1.82) is 0 Å². The average Bonchev–Trinajstić information content (AvgIpc) is 2.68. The van der Waals surface area contributed by atoms with Crippen LogP contribution in [0.3, 0.4) is 0 Å². The number of rotatable bonds is 4. The largest absolute Gasteiger partial charge is 0.301 e. The Morgan fingerprint density at radius 1 is 1.14 bits per heavy atom. The lowest BCUT2D eigenvalue weighted by atomic mass is 10.4. The second kappa shape index (κ2) is 7.62. The zero-order valence-corrected chi connectivity index (χ0v) is 15.3. The molecule has 2 rings (SSSR count). The smallest absolute Gasteiger partial charge is 0.244 e. The average molecular weight is 416 g/mol. The Labute approximate surface area is 144 Å². The molecule has 1 aliphatic rings. The van der Waals surface area contributed by atoms with Crippen LogP contribution in [0.5, 0.6) is 0 Å². The molecule has 1 aromatic carbocycles. The standard InChI is InChI=1S/C13H17BrCl2N2O2S/c14-4-7-17-5-1-6-18(9-8-17)21(19,20)13-10-11(15)2-3-12(13)16/h2-3,10H,1,4-9H2. The Kier molecular flexibility index (Phi) is 6.35. The third kappa shape index (κ3) is 4.33. The molecule has 1 aromatic rings. The third-order valence-corrected chi connectivity index (χ3v) is 6.43. The van der Waals surface area contributed by atoms with Gasteiger partial charge in [-0.05, 0) is 31.2 Å². The van der Waals surface area contributed by atoms with E-state index in [1.165, 1.54) is 16.4 Å². The normalized spacial score (nSPS) is 18.6. The van der Waals surface area contributed by atoms with Crippen LogP contribution in [0.2, 0.25) is 10.0 Å². The van der Waals surface area contributed by atoms with Crippen LogP contribution in [-0.4, -0.2) is 55.7 Å². The fourth-order valence-electron chi connectivity index (χ4n) is 2.34. The highest BCUT2D eigenvalue weighted by molar-refractivity contribution is 9.09.